The number of piperidine rings is 1. The Morgan fingerprint density at radius 1 is 1.35 bits per heavy atom. The Balaban J connectivity index is 1.84. The molecule has 5 heteroatoms. The maximum atomic E-state index is 11.7. The van der Waals surface area contributed by atoms with Crippen LogP contribution in [0.3, 0.4) is 0 Å². The number of aromatic nitrogens is 1. The van der Waals surface area contributed by atoms with Crippen LogP contribution < -0.4 is 16.2 Å². The average molecular weight is 235 g/mol. The van der Waals surface area contributed by atoms with Crippen molar-refractivity contribution in [3.05, 3.63) is 34.2 Å². The third kappa shape index (κ3) is 3.42. The molecule has 0 spiro atoms. The van der Waals surface area contributed by atoms with Crippen molar-refractivity contribution < 1.29 is 4.79 Å². The predicted octanol–water partition coefficient (Wildman–Crippen LogP) is 0.104. The molecule has 17 heavy (non-hydrogen) atoms. The molecular weight excluding hydrogens is 218 g/mol. The van der Waals surface area contributed by atoms with Crippen LogP contribution >= 0.6 is 0 Å². The first-order valence-corrected chi connectivity index (χ1v) is 5.93. The first-order chi connectivity index (χ1) is 8.25. The predicted molar refractivity (Wildman–Crippen MR) is 65.0 cm³/mol. The molecule has 0 aliphatic carbocycles. The molecule has 1 amide bonds. The fourth-order valence-electron chi connectivity index (χ4n) is 1.98. The van der Waals surface area contributed by atoms with Gasteiger partial charge in [0.2, 0.25) is 5.56 Å². The van der Waals surface area contributed by atoms with Gasteiger partial charge in [-0.2, -0.15) is 0 Å². The fraction of sp³-hybridized carbons (Fsp3) is 0.500. The van der Waals surface area contributed by atoms with Crippen molar-refractivity contribution in [2.24, 2.45) is 5.92 Å². The summed E-state index contributed by atoms with van der Waals surface area (Å²) in [5.74, 6) is 0.433. The number of carbonyl (C=O) groups excluding carboxylic acids is 1. The van der Waals surface area contributed by atoms with Crippen LogP contribution in [0.5, 0.6) is 0 Å². The van der Waals surface area contributed by atoms with Gasteiger partial charge in [0.15, 0.2) is 0 Å². The van der Waals surface area contributed by atoms with Gasteiger partial charge in [0, 0.05) is 18.8 Å². The molecule has 0 radical (unpaired) electrons. The highest BCUT2D eigenvalue weighted by Gasteiger charge is 2.14. The lowest BCUT2D eigenvalue weighted by atomic mass is 9.98. The quantitative estimate of drug-likeness (QED) is 0.696. The number of hydrogen-bond donors (Lipinski definition) is 3. The molecule has 0 unspecified atom stereocenters. The van der Waals surface area contributed by atoms with E-state index in [9.17, 15) is 9.59 Å². The number of nitrogens with one attached hydrogen (secondary N) is 3. The number of H-pyrrole nitrogens is 1. The first-order valence-electron chi connectivity index (χ1n) is 5.93. The van der Waals surface area contributed by atoms with Crippen LogP contribution in [0.1, 0.15) is 23.2 Å². The summed E-state index contributed by atoms with van der Waals surface area (Å²) in [6.07, 6.45) is 3.65. The molecule has 0 bridgehead atoms. The third-order valence-corrected chi connectivity index (χ3v) is 3.06. The highest BCUT2D eigenvalue weighted by Crippen LogP contribution is 2.10. The zero-order valence-corrected chi connectivity index (χ0v) is 9.66. The highest BCUT2D eigenvalue weighted by atomic mass is 16.1. The number of rotatable bonds is 3. The summed E-state index contributed by atoms with van der Waals surface area (Å²) in [4.78, 5) is 25.1. The van der Waals surface area contributed by atoms with Crippen molar-refractivity contribution in [3.63, 3.8) is 0 Å². The van der Waals surface area contributed by atoms with Crippen LogP contribution in [0.25, 0.3) is 0 Å². The molecule has 0 aromatic carbocycles. The Morgan fingerprint density at radius 3 is 2.76 bits per heavy atom. The van der Waals surface area contributed by atoms with Gasteiger partial charge in [-0.25, -0.2) is 0 Å². The minimum atomic E-state index is -0.195. The third-order valence-electron chi connectivity index (χ3n) is 3.06. The maximum Gasteiger partial charge on any atom is 0.252 e. The largest absolute Gasteiger partial charge is 0.352 e. The summed E-state index contributed by atoms with van der Waals surface area (Å²) < 4.78 is 0. The van der Waals surface area contributed by atoms with E-state index in [2.05, 4.69) is 15.6 Å². The van der Waals surface area contributed by atoms with Gasteiger partial charge in [0.05, 0.1) is 5.56 Å². The molecule has 0 saturated carbocycles. The molecular formula is C12H17N3O2. The van der Waals surface area contributed by atoms with E-state index in [4.69, 9.17) is 0 Å². The van der Waals surface area contributed by atoms with Gasteiger partial charge >= 0.3 is 0 Å². The Bertz CT molecular complexity index is 415. The Morgan fingerprint density at radius 2 is 2.12 bits per heavy atom. The number of aromatic amines is 1. The number of carbonyl (C=O) groups is 1. The Labute approximate surface area is 99.6 Å². The molecule has 3 N–H and O–H groups in total. The first kappa shape index (κ1) is 11.9. The van der Waals surface area contributed by atoms with E-state index < -0.39 is 0 Å². The van der Waals surface area contributed by atoms with Gasteiger partial charge in [-0.05, 0) is 37.9 Å². The second kappa shape index (κ2) is 5.63. The summed E-state index contributed by atoms with van der Waals surface area (Å²) >= 11 is 0. The summed E-state index contributed by atoms with van der Waals surface area (Å²) in [6.45, 7) is 2.76. The van der Waals surface area contributed by atoms with Crippen molar-refractivity contribution >= 4 is 5.91 Å². The van der Waals surface area contributed by atoms with Crippen LogP contribution in [0, 0.1) is 5.92 Å². The van der Waals surface area contributed by atoms with E-state index in [1.165, 1.54) is 18.3 Å². The summed E-state index contributed by atoms with van der Waals surface area (Å²) in [6, 6.07) is 2.90. The molecule has 0 atom stereocenters. The molecule has 1 aliphatic heterocycles. The fourth-order valence-corrected chi connectivity index (χ4v) is 1.98. The molecule has 1 aliphatic rings. The second-order valence-electron chi connectivity index (χ2n) is 4.35. The van der Waals surface area contributed by atoms with Crippen molar-refractivity contribution in [1.29, 1.82) is 0 Å². The average Bonchev–Trinajstić information content (AvgIpc) is 2.38. The molecule has 1 fully saturated rings. The molecule has 2 heterocycles. The summed E-state index contributed by atoms with van der Waals surface area (Å²) in [7, 11) is 0. The normalized spacial score (nSPS) is 16.7. The van der Waals surface area contributed by atoms with Crippen LogP contribution in [0.2, 0.25) is 0 Å². The smallest absolute Gasteiger partial charge is 0.252 e. The van der Waals surface area contributed by atoms with Crippen LogP contribution in [0.15, 0.2) is 23.1 Å². The number of pyridine rings is 1. The van der Waals surface area contributed by atoms with E-state index >= 15 is 0 Å². The monoisotopic (exact) mass is 235 g/mol. The minimum Gasteiger partial charge on any atom is -0.352 e. The molecule has 1 aromatic heterocycles. The van der Waals surface area contributed by atoms with E-state index in [-0.39, 0.29) is 11.5 Å². The summed E-state index contributed by atoms with van der Waals surface area (Å²) in [5, 5.41) is 6.19. The van der Waals surface area contributed by atoms with Crippen molar-refractivity contribution in [2.75, 3.05) is 19.6 Å². The molecule has 5 nitrogen and oxygen atoms in total. The standard InChI is InChI=1S/C12H17N3O2/c16-11-2-1-10(8-14-11)12(17)15-7-9-3-5-13-6-4-9/h1-2,8-9,13H,3-7H2,(H,14,16)(H,15,17). The zero-order valence-electron chi connectivity index (χ0n) is 9.66. The second-order valence-corrected chi connectivity index (χ2v) is 4.35. The number of amides is 1. The van der Waals surface area contributed by atoms with Gasteiger partial charge in [-0.3, -0.25) is 9.59 Å². The van der Waals surface area contributed by atoms with Crippen molar-refractivity contribution in [1.82, 2.24) is 15.6 Å². The number of hydrogen-bond acceptors (Lipinski definition) is 3. The Kier molecular flexibility index (Phi) is 3.93. The lowest BCUT2D eigenvalue weighted by Crippen LogP contribution is -2.36. The topological polar surface area (TPSA) is 74.0 Å². The lowest BCUT2D eigenvalue weighted by Gasteiger charge is -2.22. The lowest BCUT2D eigenvalue weighted by molar-refractivity contribution is 0.0944. The minimum absolute atomic E-state index is 0.125. The van der Waals surface area contributed by atoms with Gasteiger partial charge in [-0.15, -0.1) is 0 Å². The zero-order chi connectivity index (χ0) is 12.1. The van der Waals surface area contributed by atoms with E-state index in [0.717, 1.165) is 25.9 Å². The highest BCUT2D eigenvalue weighted by molar-refractivity contribution is 5.93. The van der Waals surface area contributed by atoms with Crippen LogP contribution in [-0.4, -0.2) is 30.5 Å². The molecule has 1 saturated heterocycles. The van der Waals surface area contributed by atoms with Gasteiger partial charge < -0.3 is 15.6 Å². The Hall–Kier alpha value is -1.62. The van der Waals surface area contributed by atoms with E-state index in [1.54, 1.807) is 0 Å². The molecule has 1 aromatic rings. The maximum absolute atomic E-state index is 11.7. The van der Waals surface area contributed by atoms with Gasteiger partial charge in [-0.1, -0.05) is 0 Å². The SMILES string of the molecule is O=C(NCC1CCNCC1)c1ccc(=O)[nH]c1. The molecule has 2 rings (SSSR count). The summed E-state index contributed by atoms with van der Waals surface area (Å²) in [5.41, 5.74) is 0.304. The van der Waals surface area contributed by atoms with Crippen molar-refractivity contribution in [2.45, 2.75) is 12.8 Å². The molecule has 92 valence electrons. The van der Waals surface area contributed by atoms with Crippen LogP contribution in [-0.2, 0) is 0 Å². The van der Waals surface area contributed by atoms with E-state index in [1.807, 2.05) is 0 Å². The van der Waals surface area contributed by atoms with Crippen LogP contribution in [0.4, 0.5) is 0 Å². The van der Waals surface area contributed by atoms with Crippen molar-refractivity contribution in [3.8, 4) is 0 Å². The van der Waals surface area contributed by atoms with Gasteiger partial charge in [0.25, 0.3) is 5.91 Å². The van der Waals surface area contributed by atoms with Gasteiger partial charge in [0.1, 0.15) is 0 Å². The van der Waals surface area contributed by atoms with E-state index in [0.29, 0.717) is 18.0 Å².